The van der Waals surface area contributed by atoms with Crippen molar-refractivity contribution in [3.05, 3.63) is 0 Å². The third-order valence-electron chi connectivity index (χ3n) is 7.02. The molecular weight excluding hydrogens is 450 g/mol. The van der Waals surface area contributed by atoms with Gasteiger partial charge in [-0.1, -0.05) is 136 Å². The number of carboxylic acids is 1. The molecule has 36 heavy (non-hydrogen) atoms. The van der Waals surface area contributed by atoms with Crippen LogP contribution in [0.5, 0.6) is 0 Å². The van der Waals surface area contributed by atoms with Gasteiger partial charge in [-0.15, -0.1) is 0 Å². The maximum Gasteiger partial charge on any atom is 0.307 e. The Labute approximate surface area is 224 Å². The lowest BCUT2D eigenvalue weighted by Gasteiger charge is -2.28. The van der Waals surface area contributed by atoms with Crippen LogP contribution in [0.3, 0.4) is 0 Å². The number of likely N-dealkylation sites (N-methyl/N-ethyl adjacent to an activating group) is 1. The Morgan fingerprint density at radius 2 is 1.06 bits per heavy atom. The number of carbonyl (C=O) groups is 2. The van der Waals surface area contributed by atoms with E-state index >= 15 is 0 Å². The number of hydrogen-bond acceptors (Lipinski definition) is 3. The van der Waals surface area contributed by atoms with Crippen LogP contribution in [0.2, 0.25) is 0 Å². The van der Waals surface area contributed by atoms with Gasteiger partial charge in [0.15, 0.2) is 6.10 Å². The van der Waals surface area contributed by atoms with E-state index in [2.05, 4.69) is 13.8 Å². The highest BCUT2D eigenvalue weighted by molar-refractivity contribution is 5.71. The van der Waals surface area contributed by atoms with E-state index in [1.165, 1.54) is 109 Å². The summed E-state index contributed by atoms with van der Waals surface area (Å²) < 4.78 is 6.08. The smallest absolute Gasteiger partial charge is 0.307 e. The number of ether oxygens (including phenoxy) is 1. The Bertz CT molecular complexity index is 529. The van der Waals surface area contributed by atoms with E-state index in [9.17, 15) is 9.59 Å². The van der Waals surface area contributed by atoms with Gasteiger partial charge in [0.25, 0.3) is 0 Å². The van der Waals surface area contributed by atoms with Gasteiger partial charge in [-0.3, -0.25) is 9.59 Å². The van der Waals surface area contributed by atoms with Gasteiger partial charge in [0.05, 0.1) is 27.6 Å². The summed E-state index contributed by atoms with van der Waals surface area (Å²) in [5.74, 6) is -0.897. The molecule has 0 rings (SSSR count). The molecule has 0 radical (unpaired) electrons. The highest BCUT2D eigenvalue weighted by Crippen LogP contribution is 2.18. The molecule has 0 heterocycles. The number of carbonyl (C=O) groups excluding carboxylic acids is 1. The van der Waals surface area contributed by atoms with Crippen molar-refractivity contribution in [2.24, 2.45) is 5.92 Å². The summed E-state index contributed by atoms with van der Waals surface area (Å²) in [7, 11) is 5.93. The van der Waals surface area contributed by atoms with Crippen LogP contribution in [-0.2, 0) is 14.3 Å². The number of carboxylic acid groups (broad SMARTS) is 1. The van der Waals surface area contributed by atoms with E-state index in [1.54, 1.807) is 0 Å². The van der Waals surface area contributed by atoms with Gasteiger partial charge in [-0.2, -0.15) is 0 Å². The van der Waals surface area contributed by atoms with Crippen molar-refractivity contribution in [2.75, 3.05) is 27.7 Å². The maximum absolute atomic E-state index is 12.3. The van der Waals surface area contributed by atoms with Gasteiger partial charge in [-0.05, 0) is 5.92 Å². The van der Waals surface area contributed by atoms with Crippen LogP contribution in [0.1, 0.15) is 149 Å². The third-order valence-corrected chi connectivity index (χ3v) is 7.02. The van der Waals surface area contributed by atoms with E-state index in [-0.39, 0.29) is 18.3 Å². The van der Waals surface area contributed by atoms with Gasteiger partial charge >= 0.3 is 11.9 Å². The van der Waals surface area contributed by atoms with E-state index in [4.69, 9.17) is 9.84 Å². The zero-order valence-electron chi connectivity index (χ0n) is 24.8. The van der Waals surface area contributed by atoms with Gasteiger partial charge < -0.3 is 14.3 Å². The Morgan fingerprint density at radius 1 is 0.667 bits per heavy atom. The summed E-state index contributed by atoms with van der Waals surface area (Å²) in [5.41, 5.74) is 0. The topological polar surface area (TPSA) is 63.6 Å². The number of quaternary nitrogens is 1. The SMILES string of the molecule is CCCCCCCCCCCCCCCCCCCCC(C)CC(=O)OC(CC(=O)O)C[N+](C)(C)C. The predicted octanol–water partition coefficient (Wildman–Crippen LogP) is 8.54. The quantitative estimate of drug-likeness (QED) is 0.0716. The number of unbranched alkanes of at least 4 members (excludes halogenated alkanes) is 17. The molecule has 0 amide bonds. The minimum absolute atomic E-state index is 0.130. The minimum atomic E-state index is -0.923. The van der Waals surface area contributed by atoms with Crippen LogP contribution >= 0.6 is 0 Å². The molecule has 2 unspecified atom stereocenters. The van der Waals surface area contributed by atoms with Gasteiger partial charge in [0.1, 0.15) is 6.54 Å². The molecule has 0 saturated carbocycles. The lowest BCUT2D eigenvalue weighted by molar-refractivity contribution is -0.873. The maximum atomic E-state index is 12.3. The number of rotatable bonds is 26. The molecule has 5 heteroatoms. The van der Waals surface area contributed by atoms with Crippen molar-refractivity contribution in [2.45, 2.75) is 155 Å². The van der Waals surface area contributed by atoms with Crippen molar-refractivity contribution < 1.29 is 23.9 Å². The molecule has 0 aliphatic heterocycles. The molecule has 0 spiro atoms. The average molecular weight is 513 g/mol. The largest absolute Gasteiger partial charge is 0.481 e. The molecule has 0 aromatic carbocycles. The summed E-state index contributed by atoms with van der Waals surface area (Å²) in [6.07, 6.45) is 25.5. The molecule has 0 fully saturated rings. The fourth-order valence-corrected chi connectivity index (χ4v) is 4.96. The van der Waals surface area contributed by atoms with Crippen LogP contribution in [-0.4, -0.2) is 55.3 Å². The van der Waals surface area contributed by atoms with Crippen LogP contribution < -0.4 is 0 Å². The second-order valence-corrected chi connectivity index (χ2v) is 12.3. The molecule has 0 saturated heterocycles. The molecule has 0 aliphatic carbocycles. The molecule has 2 atom stereocenters. The van der Waals surface area contributed by atoms with E-state index < -0.39 is 12.1 Å². The fraction of sp³-hybridized carbons (Fsp3) is 0.935. The number of aliphatic carboxylic acids is 1. The molecular formula is C31H62NO4+. The first-order chi connectivity index (χ1) is 17.1. The summed E-state index contributed by atoms with van der Waals surface area (Å²) in [6, 6.07) is 0. The van der Waals surface area contributed by atoms with Crippen molar-refractivity contribution in [1.29, 1.82) is 0 Å². The van der Waals surface area contributed by atoms with Crippen LogP contribution in [0.15, 0.2) is 0 Å². The molecule has 0 bridgehead atoms. The minimum Gasteiger partial charge on any atom is -0.481 e. The summed E-state index contributed by atoms with van der Waals surface area (Å²) in [4.78, 5) is 23.4. The lowest BCUT2D eigenvalue weighted by atomic mass is 9.98. The highest BCUT2D eigenvalue weighted by Gasteiger charge is 2.25. The monoisotopic (exact) mass is 512 g/mol. The van der Waals surface area contributed by atoms with Gasteiger partial charge in [0, 0.05) is 6.42 Å². The molecule has 0 aromatic heterocycles. The first kappa shape index (κ1) is 34.9. The molecule has 214 valence electrons. The van der Waals surface area contributed by atoms with Crippen molar-refractivity contribution in [1.82, 2.24) is 0 Å². The highest BCUT2D eigenvalue weighted by atomic mass is 16.5. The zero-order valence-corrected chi connectivity index (χ0v) is 24.8. The fourth-order valence-electron chi connectivity index (χ4n) is 4.96. The standard InChI is InChI=1S/C31H61NO4/c1-6-7-8-9-10-11-12-13-14-15-16-17-18-19-20-21-22-23-24-28(2)25-31(35)36-29(26-30(33)34)27-32(3,4)5/h28-29H,6-27H2,1-5H3/p+1. The molecule has 0 aromatic rings. The van der Waals surface area contributed by atoms with Crippen LogP contribution in [0.25, 0.3) is 0 Å². The second kappa shape index (κ2) is 23.0. The molecule has 1 N–H and O–H groups in total. The summed E-state index contributed by atoms with van der Waals surface area (Å²) in [6.45, 7) is 4.89. The predicted molar refractivity (Wildman–Crippen MR) is 152 cm³/mol. The normalized spacial score (nSPS) is 13.5. The Hall–Kier alpha value is -1.10. The third kappa shape index (κ3) is 26.0. The van der Waals surface area contributed by atoms with Crippen molar-refractivity contribution in [3.63, 3.8) is 0 Å². The van der Waals surface area contributed by atoms with E-state index in [1.807, 2.05) is 21.1 Å². The Kier molecular flexibility index (Phi) is 22.3. The first-order valence-electron chi connectivity index (χ1n) is 15.4. The van der Waals surface area contributed by atoms with Gasteiger partial charge in [-0.25, -0.2) is 0 Å². The van der Waals surface area contributed by atoms with E-state index in [0.29, 0.717) is 17.4 Å². The zero-order chi connectivity index (χ0) is 27.1. The molecule has 0 aliphatic rings. The Morgan fingerprint density at radius 3 is 1.42 bits per heavy atom. The van der Waals surface area contributed by atoms with E-state index in [0.717, 1.165) is 12.8 Å². The van der Waals surface area contributed by atoms with Crippen molar-refractivity contribution in [3.8, 4) is 0 Å². The molecule has 5 nitrogen and oxygen atoms in total. The summed E-state index contributed by atoms with van der Waals surface area (Å²) >= 11 is 0. The Balaban J connectivity index is 3.57. The average Bonchev–Trinajstić information content (AvgIpc) is 2.76. The van der Waals surface area contributed by atoms with Crippen molar-refractivity contribution >= 4 is 11.9 Å². The number of hydrogen-bond donors (Lipinski definition) is 1. The number of esters is 1. The van der Waals surface area contributed by atoms with Crippen LogP contribution in [0, 0.1) is 5.92 Å². The second-order valence-electron chi connectivity index (χ2n) is 12.3. The summed E-state index contributed by atoms with van der Waals surface area (Å²) in [5, 5.41) is 9.10. The lowest BCUT2D eigenvalue weighted by Crippen LogP contribution is -2.43. The first-order valence-corrected chi connectivity index (χ1v) is 15.4. The van der Waals surface area contributed by atoms with Gasteiger partial charge in [0.2, 0.25) is 0 Å². The number of nitrogens with zero attached hydrogens (tertiary/aromatic N) is 1. The van der Waals surface area contributed by atoms with Crippen LogP contribution in [0.4, 0.5) is 0 Å².